The third-order valence-electron chi connectivity index (χ3n) is 6.01. The summed E-state index contributed by atoms with van der Waals surface area (Å²) in [4.78, 5) is 15.8. The van der Waals surface area contributed by atoms with Crippen LogP contribution in [0.3, 0.4) is 0 Å². The number of benzene rings is 1. The quantitative estimate of drug-likeness (QED) is 0.721. The van der Waals surface area contributed by atoms with Gasteiger partial charge in [-0.05, 0) is 38.3 Å². The Hall–Kier alpha value is -1.90. The van der Waals surface area contributed by atoms with Crippen LogP contribution in [0.1, 0.15) is 44.6 Å². The molecule has 2 aliphatic heterocycles. The first-order valence-electron chi connectivity index (χ1n) is 9.68. The zero-order chi connectivity index (χ0) is 17.6. The Balaban J connectivity index is 1.52. The first-order valence-corrected chi connectivity index (χ1v) is 9.68. The summed E-state index contributed by atoms with van der Waals surface area (Å²) in [5.74, 6) is 0.0152. The van der Waals surface area contributed by atoms with E-state index in [1.165, 1.54) is 50.1 Å². The van der Waals surface area contributed by atoms with E-state index in [1.54, 1.807) is 17.0 Å². The smallest absolute Gasteiger partial charge is 0.282 e. The molecule has 0 aliphatic carbocycles. The molecule has 2 aliphatic rings. The molecule has 1 aromatic rings. The second-order valence-corrected chi connectivity index (χ2v) is 7.52. The molecule has 2 fully saturated rings. The Kier molecular flexibility index (Phi) is 6.06. The predicted octanol–water partition coefficient (Wildman–Crippen LogP) is 0.00138. The molecule has 0 saturated carbocycles. The number of anilines is 1. The van der Waals surface area contributed by atoms with E-state index in [4.69, 9.17) is 5.26 Å². The van der Waals surface area contributed by atoms with Crippen molar-refractivity contribution in [1.29, 1.82) is 5.26 Å². The number of nitrogens with zero attached hydrogens (tertiary/aromatic N) is 1. The predicted molar refractivity (Wildman–Crippen MR) is 97.5 cm³/mol. The fourth-order valence-electron chi connectivity index (χ4n) is 4.36. The molecule has 1 aromatic carbocycles. The summed E-state index contributed by atoms with van der Waals surface area (Å²) >= 11 is 0. The molecule has 0 unspecified atom stereocenters. The van der Waals surface area contributed by atoms with Crippen LogP contribution in [0.5, 0.6) is 0 Å². The zero-order valence-electron chi connectivity index (χ0n) is 15.2. The van der Waals surface area contributed by atoms with Crippen LogP contribution in [0.2, 0.25) is 0 Å². The maximum Gasteiger partial charge on any atom is 0.282 e. The molecule has 2 saturated heterocycles. The number of carbonyl (C=O) groups excluding carboxylic acids is 1. The molecule has 1 atom stereocenters. The van der Waals surface area contributed by atoms with Crippen molar-refractivity contribution < 1.29 is 14.6 Å². The highest BCUT2D eigenvalue weighted by Gasteiger charge is 2.34. The molecule has 25 heavy (non-hydrogen) atoms. The van der Waals surface area contributed by atoms with E-state index >= 15 is 0 Å². The van der Waals surface area contributed by atoms with Gasteiger partial charge < -0.3 is 15.1 Å². The lowest BCUT2D eigenvalue weighted by atomic mass is 9.99. The zero-order valence-corrected chi connectivity index (χ0v) is 15.2. The molecule has 0 radical (unpaired) electrons. The van der Waals surface area contributed by atoms with Crippen LogP contribution in [0.4, 0.5) is 5.69 Å². The summed E-state index contributed by atoms with van der Waals surface area (Å²) in [6, 6.07) is 10.0. The van der Waals surface area contributed by atoms with Gasteiger partial charge in [0.15, 0.2) is 6.04 Å². The molecule has 5 nitrogen and oxygen atoms in total. The van der Waals surface area contributed by atoms with Crippen LogP contribution in [0.25, 0.3) is 0 Å². The number of rotatable bonds is 4. The third-order valence-corrected chi connectivity index (χ3v) is 6.01. The number of nitriles is 1. The summed E-state index contributed by atoms with van der Waals surface area (Å²) in [5, 5.41) is 12.1. The minimum Gasteiger partial charge on any atom is -0.332 e. The molecule has 3 rings (SSSR count). The van der Waals surface area contributed by atoms with Crippen LogP contribution >= 0.6 is 0 Å². The summed E-state index contributed by atoms with van der Waals surface area (Å²) in [6.07, 6.45) is 6.59. The number of para-hydroxylation sites is 1. The van der Waals surface area contributed by atoms with Gasteiger partial charge in [-0.25, -0.2) is 0 Å². The van der Waals surface area contributed by atoms with Crippen LogP contribution in [0.15, 0.2) is 24.3 Å². The molecule has 1 amide bonds. The highest BCUT2D eigenvalue weighted by Crippen LogP contribution is 2.13. The highest BCUT2D eigenvalue weighted by atomic mass is 16.2. The van der Waals surface area contributed by atoms with Crippen molar-refractivity contribution in [2.45, 2.75) is 51.1 Å². The van der Waals surface area contributed by atoms with Gasteiger partial charge in [0.2, 0.25) is 0 Å². The first kappa shape index (κ1) is 17.9. The van der Waals surface area contributed by atoms with Gasteiger partial charge in [0.1, 0.15) is 6.07 Å². The fourth-order valence-corrected chi connectivity index (χ4v) is 4.36. The van der Waals surface area contributed by atoms with Crippen molar-refractivity contribution in [3.8, 4) is 6.07 Å². The van der Waals surface area contributed by atoms with Crippen molar-refractivity contribution in [2.24, 2.45) is 0 Å². The van der Waals surface area contributed by atoms with E-state index in [1.807, 2.05) is 19.1 Å². The summed E-state index contributed by atoms with van der Waals surface area (Å²) < 4.78 is 0. The Labute approximate surface area is 150 Å². The van der Waals surface area contributed by atoms with Gasteiger partial charge in [0, 0.05) is 12.8 Å². The highest BCUT2D eigenvalue weighted by molar-refractivity contribution is 5.94. The van der Waals surface area contributed by atoms with Gasteiger partial charge in [0.25, 0.3) is 5.91 Å². The average Bonchev–Trinajstić information content (AvgIpc) is 2.68. The van der Waals surface area contributed by atoms with Gasteiger partial charge in [0.05, 0.1) is 43.5 Å². The van der Waals surface area contributed by atoms with E-state index in [9.17, 15) is 4.79 Å². The van der Waals surface area contributed by atoms with Crippen molar-refractivity contribution in [3.63, 3.8) is 0 Å². The van der Waals surface area contributed by atoms with E-state index in [-0.39, 0.29) is 11.9 Å². The number of carbonyl (C=O) groups is 1. The largest absolute Gasteiger partial charge is 0.332 e. The van der Waals surface area contributed by atoms with Crippen LogP contribution in [0, 0.1) is 11.3 Å². The van der Waals surface area contributed by atoms with E-state index in [2.05, 4.69) is 11.4 Å². The lowest BCUT2D eigenvalue weighted by molar-refractivity contribution is -0.965. The topological polar surface area (TPSA) is 61.8 Å². The van der Waals surface area contributed by atoms with Crippen molar-refractivity contribution in [2.75, 3.05) is 31.5 Å². The number of quaternary nitrogens is 2. The number of amides is 1. The number of likely N-dealkylation sites (tertiary alicyclic amines) is 2. The SMILES string of the molecule is C[C@H](C(=O)Nc1ccccc1C#N)[NH+]1CCC([NH+]2CCCCC2)CC1. The molecular weight excluding hydrogens is 312 g/mol. The molecule has 2 heterocycles. The lowest BCUT2D eigenvalue weighted by Crippen LogP contribution is -3.22. The maximum atomic E-state index is 12.6. The van der Waals surface area contributed by atoms with E-state index in [0.717, 1.165) is 19.1 Å². The lowest BCUT2D eigenvalue weighted by Gasteiger charge is -2.37. The van der Waals surface area contributed by atoms with E-state index in [0.29, 0.717) is 11.3 Å². The first-order chi connectivity index (χ1) is 12.2. The molecule has 5 heteroatoms. The van der Waals surface area contributed by atoms with Gasteiger partial charge in [-0.3, -0.25) is 4.79 Å². The van der Waals surface area contributed by atoms with Crippen LogP contribution in [-0.2, 0) is 4.79 Å². The van der Waals surface area contributed by atoms with Gasteiger partial charge in [-0.2, -0.15) is 5.26 Å². The Morgan fingerprint density at radius 2 is 1.84 bits per heavy atom. The average molecular weight is 342 g/mol. The monoisotopic (exact) mass is 342 g/mol. The van der Waals surface area contributed by atoms with Crippen molar-refractivity contribution in [1.82, 2.24) is 0 Å². The molecular formula is C20H30N4O+2. The van der Waals surface area contributed by atoms with Crippen LogP contribution < -0.4 is 15.1 Å². The maximum absolute atomic E-state index is 12.6. The third kappa shape index (κ3) is 4.39. The molecule has 0 aromatic heterocycles. The van der Waals surface area contributed by atoms with Gasteiger partial charge in [-0.15, -0.1) is 0 Å². The summed E-state index contributed by atoms with van der Waals surface area (Å²) in [7, 11) is 0. The van der Waals surface area contributed by atoms with E-state index < -0.39 is 0 Å². The molecule has 134 valence electrons. The number of nitrogens with one attached hydrogen (secondary N) is 3. The molecule has 0 bridgehead atoms. The number of hydrogen-bond donors (Lipinski definition) is 3. The van der Waals surface area contributed by atoms with Crippen LogP contribution in [-0.4, -0.2) is 44.2 Å². The van der Waals surface area contributed by atoms with Crippen molar-refractivity contribution in [3.05, 3.63) is 29.8 Å². The van der Waals surface area contributed by atoms with Gasteiger partial charge >= 0.3 is 0 Å². The summed E-state index contributed by atoms with van der Waals surface area (Å²) in [6.45, 7) is 6.82. The molecule has 3 N–H and O–H groups in total. The second kappa shape index (κ2) is 8.46. The minimum atomic E-state index is -0.0796. The van der Waals surface area contributed by atoms with Crippen molar-refractivity contribution >= 4 is 11.6 Å². The fraction of sp³-hybridized carbons (Fsp3) is 0.600. The Morgan fingerprint density at radius 1 is 1.16 bits per heavy atom. The Bertz CT molecular complexity index is 625. The number of hydrogen-bond acceptors (Lipinski definition) is 2. The Morgan fingerprint density at radius 3 is 2.52 bits per heavy atom. The van der Waals surface area contributed by atoms with Gasteiger partial charge in [-0.1, -0.05) is 12.1 Å². The minimum absolute atomic E-state index is 0.0152. The molecule has 0 spiro atoms. The number of piperidine rings is 2. The second-order valence-electron chi connectivity index (χ2n) is 7.52. The standard InChI is InChI=1S/C20H28N4O/c1-16(20(25)22-19-8-4-3-7-17(19)15-21)23-13-9-18(10-14-23)24-11-5-2-6-12-24/h3-4,7-8,16,18H,2,5-6,9-14H2,1H3,(H,22,25)/p+2/t16-/m1/s1. The normalized spacial score (nSPS) is 25.8. The summed E-state index contributed by atoms with van der Waals surface area (Å²) in [5.41, 5.74) is 1.14.